The summed E-state index contributed by atoms with van der Waals surface area (Å²) in [5.41, 5.74) is 0. The largest absolute Gasteiger partial charge is 0 e. The van der Waals surface area contributed by atoms with E-state index in [1.807, 2.05) is 0 Å². The summed E-state index contributed by atoms with van der Waals surface area (Å²) in [5.74, 6) is 0. The molecule has 17 valence electrons. The van der Waals surface area contributed by atoms with Crippen LogP contribution >= 0.6 is 0 Å². The monoisotopic (exact) mass is 237 g/mol. The number of rotatable bonds is 0. The van der Waals surface area contributed by atoms with Crippen LogP contribution in [0.25, 0.3) is 0 Å². The molecule has 0 aromatic heterocycles. The van der Waals surface area contributed by atoms with Gasteiger partial charge < -0.3 is 2.85 Å². The first kappa shape index (κ1) is 15.7. The molecular weight excluding hydrogens is 236 g/mol. The van der Waals surface area contributed by atoms with Crippen LogP contribution in [0.4, 0.5) is 0 Å². The first-order valence-corrected chi connectivity index (χ1v) is 1.21. The minimum Gasteiger partial charge on any atom is 0 e. The molecule has 0 saturated heterocycles. The fourth-order valence-electron chi connectivity index (χ4n) is 0. The molecule has 0 aliphatic rings. The minimum absolute atomic E-state index is 0. The van der Waals surface area contributed by atoms with Crippen molar-refractivity contribution in [3.8, 4) is 0 Å². The number of hydrogen-bond acceptors (Lipinski definition) is 1. The standard InChI is InChI=1S/Ca.O.Y.Zr.2H/q+2;;;;2*-1. The summed E-state index contributed by atoms with van der Waals surface area (Å²) < 4.78 is 8.34. The third-order valence-electron chi connectivity index (χ3n) is 0. The summed E-state index contributed by atoms with van der Waals surface area (Å²) in [4.78, 5) is 0. The minimum atomic E-state index is 0. The van der Waals surface area contributed by atoms with E-state index in [1.54, 1.807) is 0 Å². The second-order valence-corrected chi connectivity index (χ2v) is 0. The Hall–Kier alpha value is 3.05. The third-order valence-corrected chi connectivity index (χ3v) is 0. The van der Waals surface area contributed by atoms with Crippen LogP contribution in [-0.2, 0) is 60.2 Å². The van der Waals surface area contributed by atoms with E-state index in [-0.39, 0.29) is 73.3 Å². The topological polar surface area (TPSA) is 17.1 Å². The van der Waals surface area contributed by atoms with Crippen molar-refractivity contribution in [2.24, 2.45) is 0 Å². The van der Waals surface area contributed by atoms with E-state index in [9.17, 15) is 0 Å². The third kappa shape index (κ3) is 8.90. The molecule has 0 aliphatic heterocycles. The van der Waals surface area contributed by atoms with Gasteiger partial charge in [-0.1, -0.05) is 0 Å². The maximum Gasteiger partial charge on any atom is 0 e. The molecule has 0 amide bonds. The van der Waals surface area contributed by atoms with Gasteiger partial charge in [0.05, 0.1) is 0 Å². The van der Waals surface area contributed by atoms with Gasteiger partial charge in [-0.25, -0.2) is 0 Å². The summed E-state index contributed by atoms with van der Waals surface area (Å²) >= 11 is 0.300. The normalized spacial score (nSPS) is 0.750. The van der Waals surface area contributed by atoms with E-state index in [0.29, 0.717) is 24.7 Å². The van der Waals surface area contributed by atoms with Crippen LogP contribution in [0, 0.1) is 0 Å². The van der Waals surface area contributed by atoms with Gasteiger partial charge in [0.25, 0.3) is 0 Å². The Morgan fingerprint density at radius 2 is 1.50 bits per heavy atom. The van der Waals surface area contributed by atoms with Crippen molar-refractivity contribution in [2.45, 2.75) is 0 Å². The molecule has 0 atom stereocenters. The van der Waals surface area contributed by atoms with Crippen LogP contribution in [0.15, 0.2) is 0 Å². The zero-order chi connectivity index (χ0) is 2.00. The van der Waals surface area contributed by atoms with Crippen LogP contribution < -0.4 is 0 Å². The molecule has 0 rings (SSSR count). The molecule has 0 bridgehead atoms. The summed E-state index contributed by atoms with van der Waals surface area (Å²) in [6.07, 6.45) is 0. The molecule has 0 aliphatic carbocycles. The Morgan fingerprint density at radius 1 is 1.50 bits per heavy atom. The molecule has 0 saturated carbocycles. The Morgan fingerprint density at radius 3 is 1.50 bits per heavy atom. The molecule has 0 spiro atoms. The SMILES string of the molecule is [Ca+2].[H-].[H-].[O]=[Zr].[Y]. The van der Waals surface area contributed by atoms with Crippen LogP contribution in [0.3, 0.4) is 0 Å². The Labute approximate surface area is 98.4 Å². The molecule has 0 heterocycles. The first-order valence-electron chi connectivity index (χ1n) is 0.204. The number of hydrogen-bond donors (Lipinski definition) is 0. The molecule has 1 nitrogen and oxygen atoms in total. The van der Waals surface area contributed by atoms with Gasteiger partial charge in [0.1, 0.15) is 0 Å². The van der Waals surface area contributed by atoms with Gasteiger partial charge in [-0.05, 0) is 0 Å². The molecule has 1 radical (unpaired) electrons. The Bertz CT molecular complexity index is 13.5. The van der Waals surface area contributed by atoms with Crippen LogP contribution in [0.5, 0.6) is 0 Å². The van der Waals surface area contributed by atoms with Crippen LogP contribution in [0.2, 0.25) is 0 Å². The van der Waals surface area contributed by atoms with E-state index < -0.39 is 0 Å². The maximum atomic E-state index is 8.34. The maximum absolute atomic E-state index is 8.34. The smallest absolute Gasteiger partial charge is 0 e. The zero-order valence-corrected chi connectivity index (χ0v) is 9.70. The predicted octanol–water partition coefficient (Wildman–Crippen LogP) is -0.280. The molecule has 0 aromatic rings. The fraction of sp³-hybridized carbons (Fsp3) is 0. The van der Waals surface area contributed by atoms with E-state index in [4.69, 9.17) is 2.81 Å². The summed E-state index contributed by atoms with van der Waals surface area (Å²) in [6.45, 7) is 0. The van der Waals surface area contributed by atoms with Crippen molar-refractivity contribution < 1.29 is 63.1 Å². The molecule has 0 unspecified atom stereocenters. The summed E-state index contributed by atoms with van der Waals surface area (Å²) in [6, 6.07) is 0. The Balaban J connectivity index is -0.000000000833. The van der Waals surface area contributed by atoms with Crippen LogP contribution in [-0.4, -0.2) is 37.7 Å². The quantitative estimate of drug-likeness (QED) is 0.531. The van der Waals surface area contributed by atoms with E-state index in [0.717, 1.165) is 0 Å². The molecular formula is H2CaOYZr. The van der Waals surface area contributed by atoms with E-state index in [1.165, 1.54) is 0 Å². The van der Waals surface area contributed by atoms with Crippen molar-refractivity contribution in [1.82, 2.24) is 0 Å². The van der Waals surface area contributed by atoms with E-state index in [2.05, 4.69) is 0 Å². The van der Waals surface area contributed by atoms with Gasteiger partial charge in [0.15, 0.2) is 0 Å². The Kier molecular flexibility index (Phi) is 65.3. The predicted molar refractivity (Wildman–Crippen MR) is 8.66 cm³/mol. The summed E-state index contributed by atoms with van der Waals surface area (Å²) in [5, 5.41) is 0. The van der Waals surface area contributed by atoms with Gasteiger partial charge >= 0.3 is 65.3 Å². The summed E-state index contributed by atoms with van der Waals surface area (Å²) in [7, 11) is 0. The average molecular weight is 238 g/mol. The van der Waals surface area contributed by atoms with Gasteiger partial charge in [-0.2, -0.15) is 0 Å². The molecule has 4 heavy (non-hydrogen) atoms. The first-order chi connectivity index (χ1) is 1.00. The van der Waals surface area contributed by atoms with E-state index >= 15 is 0 Å². The average Bonchev–Trinajstić information content (AvgIpc) is 1.00. The van der Waals surface area contributed by atoms with Crippen molar-refractivity contribution in [3.63, 3.8) is 0 Å². The fourth-order valence-corrected chi connectivity index (χ4v) is 0. The zero-order valence-electron chi connectivity index (χ0n) is 4.19. The van der Waals surface area contributed by atoms with Crippen molar-refractivity contribution in [1.29, 1.82) is 0 Å². The van der Waals surface area contributed by atoms with Crippen molar-refractivity contribution in [3.05, 3.63) is 0 Å². The molecule has 0 N–H and O–H groups in total. The van der Waals surface area contributed by atoms with Crippen molar-refractivity contribution in [2.75, 3.05) is 0 Å². The molecule has 0 fully saturated rings. The second-order valence-electron chi connectivity index (χ2n) is 0. The second kappa shape index (κ2) is 16.6. The van der Waals surface area contributed by atoms with Crippen LogP contribution in [0.1, 0.15) is 2.85 Å². The van der Waals surface area contributed by atoms with Gasteiger partial charge in [-0.15, -0.1) is 0 Å². The van der Waals surface area contributed by atoms with Crippen molar-refractivity contribution >= 4 is 37.7 Å². The van der Waals surface area contributed by atoms with Gasteiger partial charge in [-0.3, -0.25) is 0 Å². The molecule has 4 heteroatoms. The molecule has 0 aromatic carbocycles. The van der Waals surface area contributed by atoms with Gasteiger partial charge in [0.2, 0.25) is 0 Å². The van der Waals surface area contributed by atoms with Gasteiger partial charge in [0, 0.05) is 32.7 Å².